The molecule has 0 amide bonds. The Morgan fingerprint density at radius 1 is 1.56 bits per heavy atom. The van der Waals surface area contributed by atoms with E-state index in [0.29, 0.717) is 30.9 Å². The minimum absolute atomic E-state index is 0.549. The second kappa shape index (κ2) is 6.84. The summed E-state index contributed by atoms with van der Waals surface area (Å²) in [5, 5.41) is 14.3. The minimum atomic E-state index is -0.655. The third-order valence-electron chi connectivity index (χ3n) is 3.20. The van der Waals surface area contributed by atoms with Crippen LogP contribution in [0, 0.1) is 0 Å². The van der Waals surface area contributed by atoms with Crippen molar-refractivity contribution in [3.63, 3.8) is 0 Å². The number of hydrogen-bond acceptors (Lipinski definition) is 4. The van der Waals surface area contributed by atoms with Crippen LogP contribution in [0.2, 0.25) is 0 Å². The summed E-state index contributed by atoms with van der Waals surface area (Å²) < 4.78 is 5.00. The van der Waals surface area contributed by atoms with Crippen LogP contribution in [0.3, 0.4) is 0 Å². The van der Waals surface area contributed by atoms with E-state index in [9.17, 15) is 5.11 Å². The highest BCUT2D eigenvalue weighted by Crippen LogP contribution is 2.25. The van der Waals surface area contributed by atoms with Gasteiger partial charge in [-0.3, -0.25) is 0 Å². The van der Waals surface area contributed by atoms with Gasteiger partial charge in [0.25, 0.3) is 0 Å². The Morgan fingerprint density at radius 3 is 2.94 bits per heavy atom. The third kappa shape index (κ3) is 5.04. The predicted octanol–water partition coefficient (Wildman–Crippen LogP) is 1.65. The van der Waals surface area contributed by atoms with E-state index in [0.717, 1.165) is 0 Å². The second-order valence-corrected chi connectivity index (χ2v) is 6.43. The molecule has 4 heteroatoms. The Labute approximate surface area is 103 Å². The fourth-order valence-corrected chi connectivity index (χ4v) is 3.12. The van der Waals surface area contributed by atoms with Crippen LogP contribution < -0.4 is 5.32 Å². The molecular weight excluding hydrogens is 222 g/mol. The maximum Gasteiger partial charge on any atom is 0.0765 e. The first kappa shape index (κ1) is 14.3. The number of methoxy groups -OCH3 is 1. The van der Waals surface area contributed by atoms with Crippen molar-refractivity contribution in [1.82, 2.24) is 5.32 Å². The van der Waals surface area contributed by atoms with Gasteiger partial charge in [0, 0.05) is 38.0 Å². The van der Waals surface area contributed by atoms with Gasteiger partial charge in [-0.15, -0.1) is 0 Å². The van der Waals surface area contributed by atoms with E-state index in [-0.39, 0.29) is 0 Å². The first-order valence-electron chi connectivity index (χ1n) is 6.11. The Bertz CT molecular complexity index is 199. The molecule has 3 nitrogen and oxygen atoms in total. The van der Waals surface area contributed by atoms with Crippen molar-refractivity contribution in [2.24, 2.45) is 0 Å². The summed E-state index contributed by atoms with van der Waals surface area (Å²) in [6.07, 6.45) is 3.20. The Kier molecular flexibility index (Phi) is 6.11. The zero-order valence-corrected chi connectivity index (χ0v) is 11.5. The van der Waals surface area contributed by atoms with Gasteiger partial charge < -0.3 is 15.2 Å². The molecule has 0 saturated carbocycles. The van der Waals surface area contributed by atoms with Crippen molar-refractivity contribution < 1.29 is 9.84 Å². The van der Waals surface area contributed by atoms with Gasteiger partial charge in [-0.25, -0.2) is 0 Å². The number of aliphatic hydroxyl groups is 1. The van der Waals surface area contributed by atoms with Gasteiger partial charge in [0.05, 0.1) is 5.60 Å². The van der Waals surface area contributed by atoms with Crippen molar-refractivity contribution >= 4 is 11.8 Å². The maximum atomic E-state index is 10.1. The average molecular weight is 247 g/mol. The molecule has 1 rings (SSSR count). The van der Waals surface area contributed by atoms with E-state index >= 15 is 0 Å². The highest BCUT2D eigenvalue weighted by molar-refractivity contribution is 7.99. The van der Waals surface area contributed by atoms with Gasteiger partial charge in [0.1, 0.15) is 0 Å². The van der Waals surface area contributed by atoms with Crippen molar-refractivity contribution in [3.05, 3.63) is 0 Å². The average Bonchev–Trinajstić information content (AvgIpc) is 2.26. The molecule has 96 valence electrons. The molecule has 0 spiro atoms. The normalized spacial score (nSPS) is 30.0. The molecule has 3 atom stereocenters. The van der Waals surface area contributed by atoms with Crippen LogP contribution in [0.5, 0.6) is 0 Å². The maximum absolute atomic E-state index is 10.1. The molecule has 1 aliphatic rings. The zero-order valence-electron chi connectivity index (χ0n) is 10.7. The first-order chi connectivity index (χ1) is 7.55. The van der Waals surface area contributed by atoms with Crippen molar-refractivity contribution in [1.29, 1.82) is 0 Å². The molecule has 16 heavy (non-hydrogen) atoms. The van der Waals surface area contributed by atoms with Crippen molar-refractivity contribution in [2.45, 2.75) is 50.0 Å². The van der Waals surface area contributed by atoms with Gasteiger partial charge >= 0.3 is 0 Å². The summed E-state index contributed by atoms with van der Waals surface area (Å²) in [4.78, 5) is 0. The van der Waals surface area contributed by atoms with Crippen LogP contribution in [0.4, 0.5) is 0 Å². The topological polar surface area (TPSA) is 41.5 Å². The number of thioether (sulfide) groups is 1. The summed E-state index contributed by atoms with van der Waals surface area (Å²) in [7, 11) is 1.67. The van der Waals surface area contributed by atoms with Crippen LogP contribution in [-0.2, 0) is 4.74 Å². The summed E-state index contributed by atoms with van der Waals surface area (Å²) in [6.45, 7) is 5.42. The van der Waals surface area contributed by atoms with Crippen LogP contribution in [0.15, 0.2) is 0 Å². The highest BCUT2D eigenvalue weighted by Gasteiger charge is 2.25. The molecule has 0 aromatic rings. The lowest BCUT2D eigenvalue weighted by Gasteiger charge is -2.32. The molecule has 1 aliphatic heterocycles. The van der Waals surface area contributed by atoms with Crippen molar-refractivity contribution in [2.75, 3.05) is 26.0 Å². The highest BCUT2D eigenvalue weighted by atomic mass is 32.2. The molecule has 3 unspecified atom stereocenters. The quantitative estimate of drug-likeness (QED) is 0.749. The molecule has 1 fully saturated rings. The van der Waals surface area contributed by atoms with E-state index in [2.05, 4.69) is 12.2 Å². The lowest BCUT2D eigenvalue weighted by molar-refractivity contribution is 0.0225. The largest absolute Gasteiger partial charge is 0.389 e. The van der Waals surface area contributed by atoms with Crippen molar-refractivity contribution in [3.8, 4) is 0 Å². The molecule has 0 aliphatic carbocycles. The standard InChI is InChI=1S/C12H25NO2S/c1-10-11(5-4-8-16-10)13-9-12(2,14)6-7-15-3/h10-11,13-14H,4-9H2,1-3H3. The SMILES string of the molecule is COCCC(C)(O)CNC1CCCSC1C. The lowest BCUT2D eigenvalue weighted by Crippen LogP contribution is -2.47. The summed E-state index contributed by atoms with van der Waals surface area (Å²) in [5.41, 5.74) is -0.655. The van der Waals surface area contributed by atoms with Gasteiger partial charge in [-0.1, -0.05) is 6.92 Å². The molecule has 1 heterocycles. The number of nitrogens with one attached hydrogen (secondary N) is 1. The fourth-order valence-electron chi connectivity index (χ4n) is 1.95. The first-order valence-corrected chi connectivity index (χ1v) is 7.16. The fraction of sp³-hybridized carbons (Fsp3) is 1.00. The third-order valence-corrected chi connectivity index (χ3v) is 4.58. The number of hydrogen-bond donors (Lipinski definition) is 2. The monoisotopic (exact) mass is 247 g/mol. The molecular formula is C12H25NO2S. The van der Waals surface area contributed by atoms with Crippen LogP contribution in [0.25, 0.3) is 0 Å². The number of rotatable bonds is 6. The van der Waals surface area contributed by atoms with Gasteiger partial charge in [-0.05, 0) is 25.5 Å². The van der Waals surface area contributed by atoms with E-state index in [1.807, 2.05) is 18.7 Å². The molecule has 0 radical (unpaired) electrons. The molecule has 0 bridgehead atoms. The van der Waals surface area contributed by atoms with Crippen LogP contribution in [-0.4, -0.2) is 48.0 Å². The second-order valence-electron chi connectivity index (χ2n) is 4.95. The van der Waals surface area contributed by atoms with E-state index in [1.165, 1.54) is 18.6 Å². The van der Waals surface area contributed by atoms with E-state index < -0.39 is 5.60 Å². The molecule has 0 aromatic carbocycles. The summed E-state index contributed by atoms with van der Waals surface area (Å²) in [5.74, 6) is 1.28. The molecule has 1 saturated heterocycles. The van der Waals surface area contributed by atoms with Crippen LogP contribution in [0.1, 0.15) is 33.1 Å². The van der Waals surface area contributed by atoms with Crippen LogP contribution >= 0.6 is 11.8 Å². The lowest BCUT2D eigenvalue weighted by atomic mass is 10.0. The van der Waals surface area contributed by atoms with Gasteiger partial charge in [-0.2, -0.15) is 11.8 Å². The van der Waals surface area contributed by atoms with Gasteiger partial charge in [0.2, 0.25) is 0 Å². The molecule has 2 N–H and O–H groups in total. The Morgan fingerprint density at radius 2 is 2.31 bits per heavy atom. The van der Waals surface area contributed by atoms with E-state index in [1.54, 1.807) is 7.11 Å². The summed E-state index contributed by atoms with van der Waals surface area (Å²) >= 11 is 2.03. The Balaban J connectivity index is 2.26. The number of ether oxygens (including phenoxy) is 1. The van der Waals surface area contributed by atoms with E-state index in [4.69, 9.17) is 4.74 Å². The minimum Gasteiger partial charge on any atom is -0.389 e. The zero-order chi connectivity index (χ0) is 12.0. The van der Waals surface area contributed by atoms with Gasteiger partial charge in [0.15, 0.2) is 0 Å². The molecule has 0 aromatic heterocycles. The predicted molar refractivity (Wildman–Crippen MR) is 70.1 cm³/mol. The smallest absolute Gasteiger partial charge is 0.0765 e. The summed E-state index contributed by atoms with van der Waals surface area (Å²) in [6, 6.07) is 0.549. The Hall–Kier alpha value is 0.230.